The van der Waals surface area contributed by atoms with E-state index in [0.717, 1.165) is 0 Å². The van der Waals surface area contributed by atoms with Gasteiger partial charge < -0.3 is 89.3 Å². The van der Waals surface area contributed by atoms with Crippen LogP contribution in [0.4, 0.5) is 0 Å². The van der Waals surface area contributed by atoms with Gasteiger partial charge in [-0.05, 0) is 0 Å². The van der Waals surface area contributed by atoms with Crippen LogP contribution >= 0.6 is 0 Å². The van der Waals surface area contributed by atoms with Gasteiger partial charge in [-0.1, -0.05) is 0 Å². The van der Waals surface area contributed by atoms with Gasteiger partial charge in [0.15, 0.2) is 0 Å². The van der Waals surface area contributed by atoms with Gasteiger partial charge in [0.1, 0.15) is 0 Å². The van der Waals surface area contributed by atoms with E-state index in [2.05, 4.69) is 0 Å². The second-order valence-electron chi connectivity index (χ2n) is 1.69. The van der Waals surface area contributed by atoms with E-state index < -0.39 is 0 Å². The van der Waals surface area contributed by atoms with Crippen molar-refractivity contribution in [1.82, 2.24) is 0 Å². The second kappa shape index (κ2) is 282. The van der Waals surface area contributed by atoms with Crippen LogP contribution in [0.15, 0.2) is 0 Å². The molecule has 0 rings (SSSR count). The van der Waals surface area contributed by atoms with Gasteiger partial charge in [-0.25, -0.2) is 0 Å². The Balaban J connectivity index is -0.0000000140. The maximum atomic E-state index is 6.75. The summed E-state index contributed by atoms with van der Waals surface area (Å²) in [6.45, 7) is 2.39. The summed E-state index contributed by atoms with van der Waals surface area (Å²) < 4.78 is 0. The third-order valence-corrected chi connectivity index (χ3v) is 0.333. The maximum absolute atomic E-state index is 6.75. The Morgan fingerprint density at radius 2 is 0.345 bits per heavy atom. The molecule has 0 bridgehead atoms. The number of nitrogens with two attached hydrogens (primary N) is 4. The molecule has 0 fully saturated rings. The predicted molar refractivity (Wildman–Crippen MR) is 96.7 cm³/mol. The standard InChI is InChI=1S/2C2H8N2.3Cu.6N3/c2*3-1-2-4;;;;6*1-3-2/h2*1-4H2;;;;;;;;;/q;;3*+2;6*-1. The van der Waals surface area contributed by atoms with Crippen LogP contribution in [0.25, 0.3) is 95.8 Å². The molecular weight excluding hydrogens is 547 g/mol. The fourth-order valence-corrected chi connectivity index (χ4v) is 0. The van der Waals surface area contributed by atoms with Crippen molar-refractivity contribution < 1.29 is 51.2 Å². The molecule has 0 aromatic carbocycles. The molecule has 0 aliphatic carbocycles. The molecule has 0 saturated heterocycles. The number of nitrogens with zero attached hydrogens (tertiary/aromatic N) is 18. The first-order valence-electron chi connectivity index (χ1n) is 5.03. The molecule has 0 saturated carbocycles. The van der Waals surface area contributed by atoms with Crippen molar-refractivity contribution in [1.29, 1.82) is 0 Å². The molecule has 0 aromatic heterocycles. The molecule has 25 heteroatoms. The minimum absolute atomic E-state index is 0. The van der Waals surface area contributed by atoms with E-state index in [1.54, 1.807) is 0 Å². The normalized spacial score (nSPS) is 3.72. The third kappa shape index (κ3) is 24800. The molecule has 0 amide bonds. The number of rotatable bonds is 2. The molecule has 0 atom stereocenters. The van der Waals surface area contributed by atoms with E-state index in [0.29, 0.717) is 26.2 Å². The van der Waals surface area contributed by atoms with E-state index >= 15 is 0 Å². The monoisotopic (exact) mass is 561 g/mol. The summed E-state index contributed by atoms with van der Waals surface area (Å²) in [5.74, 6) is 0. The second-order valence-corrected chi connectivity index (χ2v) is 1.69. The van der Waals surface area contributed by atoms with E-state index in [-0.39, 0.29) is 51.2 Å². The van der Waals surface area contributed by atoms with Gasteiger partial charge in [0.05, 0.1) is 0 Å². The first kappa shape index (κ1) is 72.0. The van der Waals surface area contributed by atoms with Gasteiger partial charge in [-0.3, -0.25) is 29.5 Å². The molecule has 0 aliphatic heterocycles. The van der Waals surface area contributed by atoms with Crippen molar-refractivity contribution in [2.75, 3.05) is 26.2 Å². The van der Waals surface area contributed by atoms with Crippen LogP contribution in [-0.4, -0.2) is 26.2 Å². The van der Waals surface area contributed by atoms with Crippen LogP contribution in [-0.2, 0) is 51.2 Å². The summed E-state index contributed by atoms with van der Waals surface area (Å²) >= 11 is 0. The Labute approximate surface area is 196 Å². The van der Waals surface area contributed by atoms with Gasteiger partial charge in [-0.2, -0.15) is 0 Å². The zero-order chi connectivity index (χ0) is 23.1. The molecule has 0 aliphatic rings. The molecule has 0 unspecified atom stereocenters. The molecule has 0 spiro atoms. The minimum Gasteiger partial charge on any atom is -0.373 e. The van der Waals surface area contributed by atoms with Gasteiger partial charge in [0, 0.05) is 26.2 Å². The molecule has 22 nitrogen and oxygen atoms in total. The summed E-state index contributed by atoms with van der Waals surface area (Å²) in [5.41, 5.74) is 101. The Kier molecular flexibility index (Phi) is 700. The number of hydrogen-bond acceptors (Lipinski definition) is 4. The van der Waals surface area contributed by atoms with Crippen molar-refractivity contribution in [3.05, 3.63) is 95.8 Å². The summed E-state index contributed by atoms with van der Waals surface area (Å²) in [7, 11) is 0. The molecule has 0 aromatic rings. The summed E-state index contributed by atoms with van der Waals surface area (Å²) in [5, 5.41) is 0. The Morgan fingerprint density at radius 1 is 0.310 bits per heavy atom. The van der Waals surface area contributed by atoms with Crippen LogP contribution in [0.5, 0.6) is 0 Å². The summed E-state index contributed by atoms with van der Waals surface area (Å²) in [6, 6.07) is 0. The Bertz CT molecular complexity index is 295. The molecule has 175 valence electrons. The quantitative estimate of drug-likeness (QED) is 0.170. The minimum atomic E-state index is 0. The fraction of sp³-hybridized carbons (Fsp3) is 1.00. The van der Waals surface area contributed by atoms with Gasteiger partial charge in [0.25, 0.3) is 0 Å². The molecule has 29 heavy (non-hydrogen) atoms. The van der Waals surface area contributed by atoms with Crippen LogP contribution in [0, 0.1) is 0 Å². The summed E-state index contributed by atoms with van der Waals surface area (Å²) in [4.78, 5) is 9.00. The fourth-order valence-electron chi connectivity index (χ4n) is 0. The first-order valence-corrected chi connectivity index (χ1v) is 5.03. The van der Waals surface area contributed by atoms with Crippen molar-refractivity contribution >= 4 is 0 Å². The largest absolute Gasteiger partial charge is 2.00 e. The zero-order valence-electron chi connectivity index (χ0n) is 14.1. The average molecular weight is 563 g/mol. The zero-order valence-corrected chi connectivity index (χ0v) is 16.9. The van der Waals surface area contributed by atoms with Crippen LogP contribution in [0.3, 0.4) is 0 Å². The van der Waals surface area contributed by atoms with Crippen molar-refractivity contribution in [3.8, 4) is 0 Å². The van der Waals surface area contributed by atoms with Gasteiger partial charge in [0.2, 0.25) is 0 Å². The predicted octanol–water partition coefficient (Wildman–Crippen LogP) is 3.00. The summed E-state index contributed by atoms with van der Waals surface area (Å²) in [6.07, 6.45) is 0. The van der Waals surface area contributed by atoms with Crippen molar-refractivity contribution in [3.63, 3.8) is 0 Å². The Morgan fingerprint density at radius 3 is 0.345 bits per heavy atom. The SMILES string of the molecule is NCCN.NCCN.[Cu+2].[Cu+2].[Cu+2].[N-]=[N+]=[N-].[N-]=[N+]=[N-].[N-]=[N+]=[N-].[N-]=[N+]=[N-].[N-]=[N+]=[N-].[N-]=[N+]=[N-]. The Hall–Kier alpha value is -2.74. The van der Waals surface area contributed by atoms with E-state index in [9.17, 15) is 0 Å². The topological polar surface area (TPSA) is 456 Å². The van der Waals surface area contributed by atoms with Crippen LogP contribution in [0.2, 0.25) is 0 Å². The van der Waals surface area contributed by atoms with Crippen molar-refractivity contribution in [2.45, 2.75) is 0 Å². The average Bonchev–Trinajstić information content (AvgIpc) is 2.59. The molecule has 3 radical (unpaired) electrons. The maximum Gasteiger partial charge on any atom is 2.00 e. The first-order chi connectivity index (χ1) is 12.3. The van der Waals surface area contributed by atoms with E-state index in [4.69, 9.17) is 89.3 Å². The molecule has 0 heterocycles. The molecule has 8 N–H and O–H groups in total. The molecular formula is C4H16Cu3N22. The van der Waals surface area contributed by atoms with E-state index in [1.165, 1.54) is 29.5 Å². The number of hydrogen-bond donors (Lipinski definition) is 4. The van der Waals surface area contributed by atoms with Crippen LogP contribution in [0.1, 0.15) is 0 Å². The third-order valence-electron chi connectivity index (χ3n) is 0.333. The van der Waals surface area contributed by atoms with Gasteiger partial charge in [-0.15, -0.1) is 0 Å². The van der Waals surface area contributed by atoms with E-state index in [1.807, 2.05) is 0 Å². The smallest absolute Gasteiger partial charge is 0.373 e. The van der Waals surface area contributed by atoms with Gasteiger partial charge >= 0.3 is 51.2 Å². The van der Waals surface area contributed by atoms with Crippen molar-refractivity contribution in [2.24, 2.45) is 22.9 Å². The van der Waals surface area contributed by atoms with Crippen LogP contribution < -0.4 is 22.9 Å².